The largest absolute Gasteiger partial charge is 0.353 e. The summed E-state index contributed by atoms with van der Waals surface area (Å²) >= 11 is 3.63. The molecule has 0 bridgehead atoms. The van der Waals surface area contributed by atoms with Crippen molar-refractivity contribution in [2.75, 3.05) is 31.1 Å². The minimum absolute atomic E-state index is 0.0658. The molecule has 2 rings (SSSR count). The van der Waals surface area contributed by atoms with Crippen LogP contribution in [0.25, 0.3) is 0 Å². The van der Waals surface area contributed by atoms with Crippen molar-refractivity contribution in [1.82, 2.24) is 9.88 Å². The first-order valence-corrected chi connectivity index (χ1v) is 7.96. The first-order valence-electron chi connectivity index (χ1n) is 7.17. The van der Waals surface area contributed by atoms with Crippen molar-refractivity contribution in [2.24, 2.45) is 0 Å². The van der Waals surface area contributed by atoms with Gasteiger partial charge in [0.25, 0.3) is 0 Å². The second-order valence-corrected chi connectivity index (χ2v) is 6.02. The average Bonchev–Trinajstić information content (AvgIpc) is 2.48. The summed E-state index contributed by atoms with van der Waals surface area (Å²) in [6.07, 6.45) is 3.88. The highest BCUT2D eigenvalue weighted by Crippen LogP contribution is 2.27. The van der Waals surface area contributed by atoms with Gasteiger partial charge in [0.05, 0.1) is 16.6 Å². The van der Waals surface area contributed by atoms with E-state index in [1.807, 2.05) is 12.3 Å². The second-order valence-electron chi connectivity index (χ2n) is 5.22. The minimum atomic E-state index is 0.0658. The number of hydrogen-bond donors (Lipinski definition) is 0. The van der Waals surface area contributed by atoms with E-state index in [0.717, 1.165) is 49.3 Å². The van der Waals surface area contributed by atoms with Crippen molar-refractivity contribution < 1.29 is 0 Å². The first kappa shape index (κ1) is 15.3. The van der Waals surface area contributed by atoms with Crippen LogP contribution in [-0.4, -0.2) is 42.1 Å². The number of piperazine rings is 1. The van der Waals surface area contributed by atoms with Crippen LogP contribution >= 0.6 is 15.9 Å². The molecular weight excluding hydrogens is 316 g/mol. The third kappa shape index (κ3) is 3.31. The van der Waals surface area contributed by atoms with Crippen LogP contribution in [0.4, 0.5) is 5.82 Å². The van der Waals surface area contributed by atoms with E-state index in [1.165, 1.54) is 5.56 Å². The maximum absolute atomic E-state index is 9.25. The molecule has 2 heterocycles. The van der Waals surface area contributed by atoms with Crippen molar-refractivity contribution in [3.8, 4) is 6.07 Å². The molecular formula is C15H21BrN4. The summed E-state index contributed by atoms with van der Waals surface area (Å²) in [7, 11) is 0. The maximum atomic E-state index is 9.25. The molecule has 0 saturated carbocycles. The molecule has 5 heteroatoms. The Hall–Kier alpha value is -1.12. The lowest BCUT2D eigenvalue weighted by Gasteiger charge is -2.37. The molecule has 108 valence electrons. The Balaban J connectivity index is 2.01. The molecule has 1 aromatic heterocycles. The number of nitriles is 1. The number of aromatic nitrogens is 1. The van der Waals surface area contributed by atoms with Crippen LogP contribution in [0, 0.1) is 18.3 Å². The van der Waals surface area contributed by atoms with E-state index in [0.29, 0.717) is 0 Å². The quantitative estimate of drug-likeness (QED) is 0.847. The van der Waals surface area contributed by atoms with Gasteiger partial charge in [0.15, 0.2) is 0 Å². The number of aryl methyl sites for hydroxylation is 1. The van der Waals surface area contributed by atoms with Crippen molar-refractivity contribution in [1.29, 1.82) is 5.26 Å². The zero-order valence-electron chi connectivity index (χ0n) is 12.1. The fourth-order valence-electron chi connectivity index (χ4n) is 2.59. The van der Waals surface area contributed by atoms with E-state index in [-0.39, 0.29) is 6.04 Å². The molecule has 1 aliphatic rings. The predicted molar refractivity (Wildman–Crippen MR) is 84.8 cm³/mol. The molecule has 0 amide bonds. The minimum Gasteiger partial charge on any atom is -0.353 e. The smallest absolute Gasteiger partial charge is 0.143 e. The van der Waals surface area contributed by atoms with E-state index in [4.69, 9.17) is 0 Å². The van der Waals surface area contributed by atoms with Gasteiger partial charge < -0.3 is 4.90 Å². The number of anilines is 1. The highest BCUT2D eigenvalue weighted by molar-refractivity contribution is 9.10. The number of hydrogen-bond acceptors (Lipinski definition) is 4. The molecule has 0 N–H and O–H groups in total. The molecule has 0 aliphatic carbocycles. The first-order chi connectivity index (χ1) is 9.67. The summed E-state index contributed by atoms with van der Waals surface area (Å²) in [6.45, 7) is 7.93. The topological polar surface area (TPSA) is 43.2 Å². The predicted octanol–water partition coefficient (Wildman–Crippen LogP) is 2.97. The standard InChI is InChI=1S/C15H21BrN4/c1-3-4-13(11-17)19-7-9-20(10-8-19)15-14(16)12(2)5-6-18-15/h5-6,13H,3-4,7-10H2,1-2H3. The van der Waals surface area contributed by atoms with Crippen LogP contribution in [0.2, 0.25) is 0 Å². The van der Waals surface area contributed by atoms with E-state index in [2.05, 4.69) is 50.6 Å². The van der Waals surface area contributed by atoms with Crippen LogP contribution in [0.5, 0.6) is 0 Å². The van der Waals surface area contributed by atoms with E-state index < -0.39 is 0 Å². The average molecular weight is 337 g/mol. The normalized spacial score (nSPS) is 17.8. The van der Waals surface area contributed by atoms with Crippen molar-refractivity contribution in [2.45, 2.75) is 32.7 Å². The van der Waals surface area contributed by atoms with Gasteiger partial charge in [0, 0.05) is 32.4 Å². The van der Waals surface area contributed by atoms with Crippen molar-refractivity contribution in [3.63, 3.8) is 0 Å². The van der Waals surface area contributed by atoms with Crippen molar-refractivity contribution in [3.05, 3.63) is 22.3 Å². The summed E-state index contributed by atoms with van der Waals surface area (Å²) in [4.78, 5) is 9.08. The highest BCUT2D eigenvalue weighted by Gasteiger charge is 2.24. The van der Waals surface area contributed by atoms with Gasteiger partial charge in [-0.15, -0.1) is 0 Å². The van der Waals surface area contributed by atoms with Gasteiger partial charge in [-0.25, -0.2) is 4.98 Å². The number of nitrogens with zero attached hydrogens (tertiary/aromatic N) is 4. The molecule has 1 fully saturated rings. The zero-order valence-corrected chi connectivity index (χ0v) is 13.7. The molecule has 4 nitrogen and oxygen atoms in total. The molecule has 1 saturated heterocycles. The fourth-order valence-corrected chi connectivity index (χ4v) is 3.08. The van der Waals surface area contributed by atoms with E-state index >= 15 is 0 Å². The van der Waals surface area contributed by atoms with Crippen molar-refractivity contribution >= 4 is 21.7 Å². The third-order valence-electron chi connectivity index (χ3n) is 3.83. The van der Waals surface area contributed by atoms with Gasteiger partial charge >= 0.3 is 0 Å². The SMILES string of the molecule is CCCC(C#N)N1CCN(c2nccc(C)c2Br)CC1. The third-order valence-corrected chi connectivity index (χ3v) is 4.81. The Bertz CT molecular complexity index is 489. The lowest BCUT2D eigenvalue weighted by atomic mass is 10.1. The van der Waals surface area contributed by atoms with Gasteiger partial charge in [0.1, 0.15) is 5.82 Å². The lowest BCUT2D eigenvalue weighted by molar-refractivity contribution is 0.211. The number of rotatable bonds is 4. The Labute approximate surface area is 129 Å². The molecule has 1 unspecified atom stereocenters. The van der Waals surface area contributed by atoms with E-state index in [1.54, 1.807) is 0 Å². The van der Waals surface area contributed by atoms with Crippen LogP contribution in [0.1, 0.15) is 25.3 Å². The van der Waals surface area contributed by atoms with Crippen LogP contribution in [-0.2, 0) is 0 Å². The van der Waals surface area contributed by atoms with Crippen LogP contribution in [0.3, 0.4) is 0 Å². The Kier molecular flexibility index (Phi) is 5.38. The van der Waals surface area contributed by atoms with Gasteiger partial charge in [-0.2, -0.15) is 5.26 Å². The molecule has 1 atom stereocenters. The van der Waals surface area contributed by atoms with Gasteiger partial charge in [-0.05, 0) is 40.9 Å². The fraction of sp³-hybridized carbons (Fsp3) is 0.600. The summed E-state index contributed by atoms with van der Waals surface area (Å²) in [5, 5.41) is 9.25. The molecule has 0 radical (unpaired) electrons. The highest BCUT2D eigenvalue weighted by atomic mass is 79.9. The number of pyridine rings is 1. The van der Waals surface area contributed by atoms with Gasteiger partial charge in [-0.3, -0.25) is 4.90 Å². The summed E-state index contributed by atoms with van der Waals surface area (Å²) < 4.78 is 1.08. The summed E-state index contributed by atoms with van der Waals surface area (Å²) in [5.41, 5.74) is 1.21. The number of halogens is 1. The second kappa shape index (κ2) is 7.05. The Morgan fingerprint density at radius 2 is 2.10 bits per heavy atom. The summed E-state index contributed by atoms with van der Waals surface area (Å²) in [5.74, 6) is 1.02. The molecule has 0 aromatic carbocycles. The Morgan fingerprint density at radius 3 is 2.70 bits per heavy atom. The molecule has 1 aliphatic heterocycles. The summed E-state index contributed by atoms with van der Waals surface area (Å²) in [6, 6.07) is 4.51. The maximum Gasteiger partial charge on any atom is 0.143 e. The van der Waals surface area contributed by atoms with Gasteiger partial charge in [-0.1, -0.05) is 13.3 Å². The molecule has 1 aromatic rings. The van der Waals surface area contributed by atoms with Crippen LogP contribution in [0.15, 0.2) is 16.7 Å². The monoisotopic (exact) mass is 336 g/mol. The van der Waals surface area contributed by atoms with E-state index in [9.17, 15) is 5.26 Å². The molecule has 20 heavy (non-hydrogen) atoms. The van der Waals surface area contributed by atoms with Crippen LogP contribution < -0.4 is 4.90 Å². The van der Waals surface area contributed by atoms with Gasteiger partial charge in [0.2, 0.25) is 0 Å². The molecule has 0 spiro atoms. The lowest BCUT2D eigenvalue weighted by Crippen LogP contribution is -2.50. The zero-order chi connectivity index (χ0) is 14.5. The Morgan fingerprint density at radius 1 is 1.40 bits per heavy atom.